The smallest absolute Gasteiger partial charge is 0.317 e. The van der Waals surface area contributed by atoms with Crippen molar-refractivity contribution in [2.24, 2.45) is 0 Å². The number of amides is 1. The molecule has 0 aromatic heterocycles. The van der Waals surface area contributed by atoms with Gasteiger partial charge in [0.15, 0.2) is 0 Å². The summed E-state index contributed by atoms with van der Waals surface area (Å²) in [6.45, 7) is 1.32. The fourth-order valence-corrected chi connectivity index (χ4v) is 3.07. The van der Waals surface area contributed by atoms with Gasteiger partial charge in [-0.15, -0.1) is 0 Å². The number of anilines is 2. The number of ether oxygens (including phenoxy) is 1. The molecule has 1 amide bonds. The highest BCUT2D eigenvalue weighted by atomic mass is 35.5. The maximum atomic E-state index is 12.2. The SMILES string of the molecule is C[C@H](NCC(=O)O)C(=O)NCCOC(=O)Cc1ccccc1Nc1c(Cl)cccc1Cl. The van der Waals surface area contributed by atoms with Crippen molar-refractivity contribution in [2.75, 3.05) is 25.0 Å². The summed E-state index contributed by atoms with van der Waals surface area (Å²) in [4.78, 5) is 34.5. The molecule has 2 rings (SSSR count). The topological polar surface area (TPSA) is 117 Å². The molecule has 2 aromatic rings. The number of para-hydroxylation sites is 2. The summed E-state index contributed by atoms with van der Waals surface area (Å²) in [7, 11) is 0. The lowest BCUT2D eigenvalue weighted by molar-refractivity contribution is -0.143. The first-order valence-electron chi connectivity index (χ1n) is 9.45. The average molecular weight is 468 g/mol. The van der Waals surface area contributed by atoms with Gasteiger partial charge in [0.25, 0.3) is 0 Å². The van der Waals surface area contributed by atoms with Gasteiger partial charge in [-0.2, -0.15) is 0 Å². The molecule has 10 heteroatoms. The Bertz CT molecular complexity index is 919. The van der Waals surface area contributed by atoms with E-state index in [0.717, 1.165) is 0 Å². The van der Waals surface area contributed by atoms with Crippen molar-refractivity contribution in [1.29, 1.82) is 0 Å². The van der Waals surface area contributed by atoms with E-state index < -0.39 is 18.0 Å². The van der Waals surface area contributed by atoms with E-state index in [1.165, 1.54) is 0 Å². The van der Waals surface area contributed by atoms with E-state index in [1.54, 1.807) is 43.3 Å². The highest BCUT2D eigenvalue weighted by molar-refractivity contribution is 6.39. The molecule has 0 aliphatic heterocycles. The maximum Gasteiger partial charge on any atom is 0.317 e. The number of carboxylic acids is 1. The van der Waals surface area contributed by atoms with Crippen LogP contribution in [0.2, 0.25) is 10.0 Å². The number of carboxylic acid groups (broad SMARTS) is 1. The minimum absolute atomic E-state index is 0.00968. The molecule has 31 heavy (non-hydrogen) atoms. The van der Waals surface area contributed by atoms with Crippen molar-refractivity contribution in [3.63, 3.8) is 0 Å². The van der Waals surface area contributed by atoms with E-state index in [1.807, 2.05) is 6.07 Å². The molecule has 0 saturated heterocycles. The first-order chi connectivity index (χ1) is 14.8. The fraction of sp³-hybridized carbons (Fsp3) is 0.286. The first-order valence-corrected chi connectivity index (χ1v) is 10.2. The predicted octanol–water partition coefficient (Wildman–Crippen LogP) is 3.00. The van der Waals surface area contributed by atoms with Crippen molar-refractivity contribution in [3.8, 4) is 0 Å². The zero-order chi connectivity index (χ0) is 22.8. The van der Waals surface area contributed by atoms with Crippen molar-refractivity contribution < 1.29 is 24.2 Å². The molecule has 0 radical (unpaired) electrons. The third-order valence-corrected chi connectivity index (χ3v) is 4.82. The third-order valence-electron chi connectivity index (χ3n) is 4.19. The number of esters is 1. The number of nitrogens with one attached hydrogen (secondary N) is 3. The summed E-state index contributed by atoms with van der Waals surface area (Å²) in [5, 5.41) is 17.8. The van der Waals surface area contributed by atoms with Crippen LogP contribution in [0.5, 0.6) is 0 Å². The number of rotatable bonds is 11. The highest BCUT2D eigenvalue weighted by Gasteiger charge is 2.14. The van der Waals surface area contributed by atoms with Gasteiger partial charge in [0, 0.05) is 5.69 Å². The maximum absolute atomic E-state index is 12.2. The highest BCUT2D eigenvalue weighted by Crippen LogP contribution is 2.33. The minimum atomic E-state index is -1.06. The van der Waals surface area contributed by atoms with Gasteiger partial charge in [-0.3, -0.25) is 19.7 Å². The quantitative estimate of drug-likeness (QED) is 0.296. The van der Waals surface area contributed by atoms with Gasteiger partial charge in [-0.1, -0.05) is 47.5 Å². The molecular weight excluding hydrogens is 445 g/mol. The zero-order valence-corrected chi connectivity index (χ0v) is 18.3. The molecule has 0 spiro atoms. The summed E-state index contributed by atoms with van der Waals surface area (Å²) < 4.78 is 5.18. The van der Waals surface area contributed by atoms with Gasteiger partial charge in [0.1, 0.15) is 6.61 Å². The molecule has 0 heterocycles. The Balaban J connectivity index is 1.84. The molecule has 0 fully saturated rings. The van der Waals surface area contributed by atoms with Crippen LogP contribution in [0.15, 0.2) is 42.5 Å². The summed E-state index contributed by atoms with van der Waals surface area (Å²) in [5.74, 6) is -1.91. The van der Waals surface area contributed by atoms with Crippen LogP contribution in [0.1, 0.15) is 12.5 Å². The molecule has 8 nitrogen and oxygen atoms in total. The largest absolute Gasteiger partial charge is 0.480 e. The van der Waals surface area contributed by atoms with Crippen LogP contribution in [0.25, 0.3) is 0 Å². The minimum Gasteiger partial charge on any atom is -0.480 e. The second-order valence-electron chi connectivity index (χ2n) is 6.56. The van der Waals surface area contributed by atoms with Crippen LogP contribution in [0.4, 0.5) is 11.4 Å². The Hall–Kier alpha value is -2.81. The van der Waals surface area contributed by atoms with E-state index in [0.29, 0.717) is 27.0 Å². The van der Waals surface area contributed by atoms with Crippen molar-refractivity contribution in [2.45, 2.75) is 19.4 Å². The van der Waals surface area contributed by atoms with Crippen molar-refractivity contribution in [3.05, 3.63) is 58.1 Å². The number of hydrogen-bond acceptors (Lipinski definition) is 6. The van der Waals surface area contributed by atoms with Crippen molar-refractivity contribution >= 4 is 52.4 Å². The Labute approximate surface area is 189 Å². The van der Waals surface area contributed by atoms with Gasteiger partial charge in [-0.25, -0.2) is 0 Å². The predicted molar refractivity (Wildman–Crippen MR) is 119 cm³/mol. The van der Waals surface area contributed by atoms with Crippen LogP contribution in [0.3, 0.4) is 0 Å². The number of halogens is 2. The van der Waals surface area contributed by atoms with Crippen molar-refractivity contribution in [1.82, 2.24) is 10.6 Å². The van der Waals surface area contributed by atoms with Crippen LogP contribution >= 0.6 is 23.2 Å². The molecule has 2 aromatic carbocycles. The molecule has 166 valence electrons. The molecule has 0 bridgehead atoms. The molecule has 0 aliphatic rings. The van der Waals surface area contributed by atoms with E-state index >= 15 is 0 Å². The monoisotopic (exact) mass is 467 g/mol. The van der Waals surface area contributed by atoms with Crippen LogP contribution in [-0.4, -0.2) is 48.7 Å². The number of carbonyl (C=O) groups is 3. The average Bonchev–Trinajstić information content (AvgIpc) is 2.73. The molecule has 4 N–H and O–H groups in total. The van der Waals surface area contributed by atoms with E-state index in [4.69, 9.17) is 33.0 Å². The lowest BCUT2D eigenvalue weighted by Gasteiger charge is -2.15. The Morgan fingerprint density at radius 3 is 2.42 bits per heavy atom. The summed E-state index contributed by atoms with van der Waals surface area (Å²) >= 11 is 12.4. The Morgan fingerprint density at radius 1 is 1.06 bits per heavy atom. The van der Waals surface area contributed by atoms with E-state index in [-0.39, 0.29) is 32.0 Å². The number of benzene rings is 2. The lowest BCUT2D eigenvalue weighted by Crippen LogP contribution is -2.44. The van der Waals surface area contributed by atoms with E-state index in [2.05, 4.69) is 16.0 Å². The normalized spacial score (nSPS) is 11.5. The van der Waals surface area contributed by atoms with E-state index in [9.17, 15) is 14.4 Å². The number of aliphatic carboxylic acids is 1. The zero-order valence-electron chi connectivity index (χ0n) is 16.8. The molecule has 0 saturated carbocycles. The molecule has 1 atom stereocenters. The Kier molecular flexibility index (Phi) is 9.58. The lowest BCUT2D eigenvalue weighted by atomic mass is 10.1. The number of hydrogen-bond donors (Lipinski definition) is 4. The molecular formula is C21H23Cl2N3O5. The van der Waals surface area contributed by atoms with Gasteiger partial charge in [-0.05, 0) is 30.7 Å². The van der Waals surface area contributed by atoms with Gasteiger partial charge < -0.3 is 20.5 Å². The first kappa shape index (κ1) is 24.5. The summed E-state index contributed by atoms with van der Waals surface area (Å²) in [5.41, 5.74) is 1.90. The van der Waals surface area contributed by atoms with Crippen LogP contribution < -0.4 is 16.0 Å². The second kappa shape index (κ2) is 12.1. The number of carbonyl (C=O) groups excluding carboxylic acids is 2. The van der Waals surface area contributed by atoms with Gasteiger partial charge in [0.05, 0.1) is 41.3 Å². The molecule has 0 aliphatic carbocycles. The van der Waals surface area contributed by atoms with Gasteiger partial charge in [0.2, 0.25) is 5.91 Å². The second-order valence-corrected chi connectivity index (χ2v) is 7.38. The van der Waals surface area contributed by atoms with Crippen LogP contribution in [-0.2, 0) is 25.5 Å². The van der Waals surface area contributed by atoms with Gasteiger partial charge >= 0.3 is 11.9 Å². The molecule has 0 unspecified atom stereocenters. The summed E-state index contributed by atoms with van der Waals surface area (Å²) in [6, 6.07) is 11.7. The summed E-state index contributed by atoms with van der Waals surface area (Å²) in [6.07, 6.45) is 0.00968. The fourth-order valence-electron chi connectivity index (χ4n) is 2.58. The Morgan fingerprint density at radius 2 is 1.74 bits per heavy atom. The van der Waals surface area contributed by atoms with Crippen LogP contribution in [0, 0.1) is 0 Å². The third kappa shape index (κ3) is 8.09. The standard InChI is InChI=1S/C21H23Cl2N3O5/c1-13(25-12-18(27)28)21(30)24-9-10-31-19(29)11-14-5-2-3-8-17(14)26-20-15(22)6-4-7-16(20)23/h2-8,13,25-26H,9-12H2,1H3,(H,24,30)(H,27,28)/t13-/m0/s1.